The summed E-state index contributed by atoms with van der Waals surface area (Å²) in [6, 6.07) is 25.5. The summed E-state index contributed by atoms with van der Waals surface area (Å²) in [4.78, 5) is 33.3. The van der Waals surface area contributed by atoms with Crippen LogP contribution < -0.4 is 19.1 Å². The number of ether oxygens (including phenoxy) is 3. The molecule has 1 saturated heterocycles. The number of anilines is 1. The fourth-order valence-corrected chi connectivity index (χ4v) is 6.32. The molecule has 0 aliphatic carbocycles. The van der Waals surface area contributed by atoms with Crippen molar-refractivity contribution in [1.82, 2.24) is 4.98 Å². The zero-order valence-corrected chi connectivity index (χ0v) is 23.4. The number of carbonyl (C=O) groups excluding carboxylic acids is 2. The molecule has 8 nitrogen and oxygen atoms in total. The average Bonchev–Trinajstić information content (AvgIpc) is 3.54. The summed E-state index contributed by atoms with van der Waals surface area (Å²) < 4.78 is 18.1. The van der Waals surface area contributed by atoms with Crippen molar-refractivity contribution in [1.29, 1.82) is 0 Å². The van der Waals surface area contributed by atoms with Gasteiger partial charge in [-0.2, -0.15) is 0 Å². The number of fused-ring (bicyclic) bond motifs is 2. The van der Waals surface area contributed by atoms with Gasteiger partial charge in [0.05, 0.1) is 21.8 Å². The van der Waals surface area contributed by atoms with Crippen LogP contribution in [0.2, 0.25) is 5.02 Å². The monoisotopic (exact) mass is 596 g/mol. The number of nitrogens with zero attached hydrogens (tertiary/aromatic N) is 2. The van der Waals surface area contributed by atoms with Crippen LogP contribution >= 0.6 is 22.9 Å². The molecule has 1 N–H and O–H groups in total. The largest absolute Gasteiger partial charge is 0.507 e. The Balaban J connectivity index is 1.39. The zero-order valence-electron chi connectivity index (χ0n) is 21.8. The molecule has 1 amide bonds. The zero-order chi connectivity index (χ0) is 28.8. The van der Waals surface area contributed by atoms with Crippen molar-refractivity contribution in [3.05, 3.63) is 113 Å². The van der Waals surface area contributed by atoms with Crippen molar-refractivity contribution in [2.75, 3.05) is 18.1 Å². The lowest BCUT2D eigenvalue weighted by molar-refractivity contribution is -0.132. The number of ketones is 1. The predicted octanol–water partition coefficient (Wildman–Crippen LogP) is 7.14. The molecule has 0 bridgehead atoms. The van der Waals surface area contributed by atoms with Crippen molar-refractivity contribution in [3.8, 4) is 23.0 Å². The van der Waals surface area contributed by atoms with Crippen LogP contribution in [0.3, 0.4) is 0 Å². The molecule has 0 radical (unpaired) electrons. The topological polar surface area (TPSA) is 98.2 Å². The Kier molecular flexibility index (Phi) is 6.53. The molecule has 1 atom stereocenters. The van der Waals surface area contributed by atoms with E-state index in [1.54, 1.807) is 60.7 Å². The Hall–Kier alpha value is -4.86. The molecule has 2 aliphatic heterocycles. The van der Waals surface area contributed by atoms with Gasteiger partial charge in [0, 0.05) is 10.6 Å². The van der Waals surface area contributed by atoms with Crippen LogP contribution in [0.4, 0.5) is 5.13 Å². The molecular weight excluding hydrogens is 576 g/mol. The Labute approximate surface area is 249 Å². The first-order valence-electron chi connectivity index (χ1n) is 13.1. The van der Waals surface area contributed by atoms with Crippen molar-refractivity contribution in [2.45, 2.75) is 6.04 Å². The average molecular weight is 597 g/mol. The summed E-state index contributed by atoms with van der Waals surface area (Å²) in [7, 11) is 0. The lowest BCUT2D eigenvalue weighted by atomic mass is 9.95. The van der Waals surface area contributed by atoms with Gasteiger partial charge >= 0.3 is 5.91 Å². The van der Waals surface area contributed by atoms with E-state index in [1.807, 2.05) is 30.3 Å². The second kappa shape index (κ2) is 10.5. The van der Waals surface area contributed by atoms with Crippen molar-refractivity contribution in [3.63, 3.8) is 0 Å². The summed E-state index contributed by atoms with van der Waals surface area (Å²) in [5, 5.41) is 12.4. The van der Waals surface area contributed by atoms with Crippen LogP contribution in [0, 0.1) is 0 Å². The van der Waals surface area contributed by atoms with Gasteiger partial charge in [-0.3, -0.25) is 14.5 Å². The number of aliphatic hydroxyl groups excluding tert-OH is 1. The minimum atomic E-state index is -0.992. The Bertz CT molecular complexity index is 1900. The number of para-hydroxylation sites is 1. The van der Waals surface area contributed by atoms with Gasteiger partial charge < -0.3 is 19.3 Å². The quantitative estimate of drug-likeness (QED) is 0.131. The second-order valence-electron chi connectivity index (χ2n) is 9.62. The highest BCUT2D eigenvalue weighted by Gasteiger charge is 2.48. The smallest absolute Gasteiger partial charge is 0.301 e. The molecule has 0 spiro atoms. The molecule has 10 heteroatoms. The summed E-state index contributed by atoms with van der Waals surface area (Å²) >= 11 is 7.43. The normalized spacial score (nSPS) is 17.5. The van der Waals surface area contributed by atoms with Crippen LogP contribution in [0.1, 0.15) is 17.2 Å². The molecule has 4 aromatic carbocycles. The SMILES string of the molecule is O=C1C(=O)N(c2nc3ccc(Cl)cc3s2)C(c2cccc(Oc3ccccc3)c2)/C1=C(\O)c1ccc2c(c1)OCCO2. The van der Waals surface area contributed by atoms with E-state index in [-0.39, 0.29) is 11.3 Å². The minimum absolute atomic E-state index is 0.0779. The van der Waals surface area contributed by atoms with E-state index in [9.17, 15) is 14.7 Å². The lowest BCUT2D eigenvalue weighted by Gasteiger charge is -2.23. The number of aliphatic hydroxyl groups is 1. The molecule has 208 valence electrons. The van der Waals surface area contributed by atoms with Crippen LogP contribution in [-0.2, 0) is 9.59 Å². The van der Waals surface area contributed by atoms with Crippen LogP contribution in [0.25, 0.3) is 16.0 Å². The van der Waals surface area contributed by atoms with Gasteiger partial charge in [0.1, 0.15) is 30.5 Å². The Morgan fingerprint density at radius 3 is 2.52 bits per heavy atom. The molecule has 3 heterocycles. The second-order valence-corrected chi connectivity index (χ2v) is 11.1. The molecule has 1 fully saturated rings. The number of halogens is 1. The third-order valence-electron chi connectivity index (χ3n) is 6.96. The van der Waals surface area contributed by atoms with Gasteiger partial charge in [-0.05, 0) is 66.2 Å². The molecule has 42 heavy (non-hydrogen) atoms. The summed E-state index contributed by atoms with van der Waals surface area (Å²) in [6.45, 7) is 0.773. The Morgan fingerprint density at radius 1 is 0.905 bits per heavy atom. The Morgan fingerprint density at radius 2 is 1.69 bits per heavy atom. The van der Waals surface area contributed by atoms with E-state index in [1.165, 1.54) is 16.2 Å². The highest BCUT2D eigenvalue weighted by atomic mass is 35.5. The van der Waals surface area contributed by atoms with Crippen LogP contribution in [0.5, 0.6) is 23.0 Å². The predicted molar refractivity (Wildman–Crippen MR) is 160 cm³/mol. The maximum atomic E-state index is 13.7. The van der Waals surface area contributed by atoms with Gasteiger partial charge in [-0.25, -0.2) is 4.98 Å². The number of hydrogen-bond donors (Lipinski definition) is 1. The number of thiazole rings is 1. The molecule has 1 unspecified atom stereocenters. The maximum Gasteiger partial charge on any atom is 0.301 e. The molecule has 2 aliphatic rings. The number of rotatable bonds is 5. The fraction of sp³-hybridized carbons (Fsp3) is 0.0938. The van der Waals surface area contributed by atoms with E-state index in [4.69, 9.17) is 25.8 Å². The molecule has 0 saturated carbocycles. The first-order chi connectivity index (χ1) is 20.5. The molecule has 7 rings (SSSR count). The molecule has 5 aromatic rings. The fourth-order valence-electron chi connectivity index (χ4n) is 5.05. The van der Waals surface area contributed by atoms with Gasteiger partial charge in [-0.1, -0.05) is 53.3 Å². The third kappa shape index (κ3) is 4.62. The van der Waals surface area contributed by atoms with E-state index >= 15 is 0 Å². The van der Waals surface area contributed by atoms with E-state index in [0.29, 0.717) is 63.0 Å². The first-order valence-corrected chi connectivity index (χ1v) is 14.3. The summed E-state index contributed by atoms with van der Waals surface area (Å²) in [6.07, 6.45) is 0. The van der Waals surface area contributed by atoms with Gasteiger partial charge in [-0.15, -0.1) is 0 Å². The highest BCUT2D eigenvalue weighted by Crippen LogP contribution is 2.46. The minimum Gasteiger partial charge on any atom is -0.507 e. The van der Waals surface area contributed by atoms with Gasteiger partial charge in [0.15, 0.2) is 16.6 Å². The van der Waals surface area contributed by atoms with E-state index < -0.39 is 17.7 Å². The van der Waals surface area contributed by atoms with Crippen molar-refractivity contribution < 1.29 is 28.9 Å². The van der Waals surface area contributed by atoms with Crippen LogP contribution in [0.15, 0.2) is 96.6 Å². The lowest BCUT2D eigenvalue weighted by Crippen LogP contribution is -2.29. The number of hydrogen-bond acceptors (Lipinski definition) is 8. The first kappa shape index (κ1) is 26.1. The number of Topliss-reactive ketones (excluding diaryl/α,β-unsaturated/α-hetero) is 1. The number of benzene rings is 4. The summed E-state index contributed by atoms with van der Waals surface area (Å²) in [5.74, 6) is 0.128. The number of amides is 1. The van der Waals surface area contributed by atoms with Crippen molar-refractivity contribution >= 4 is 55.7 Å². The highest BCUT2D eigenvalue weighted by molar-refractivity contribution is 7.22. The number of carbonyl (C=O) groups is 2. The molecular formula is C32H21ClN2O6S. The third-order valence-corrected chi connectivity index (χ3v) is 8.21. The maximum absolute atomic E-state index is 13.7. The van der Waals surface area contributed by atoms with Crippen molar-refractivity contribution in [2.24, 2.45) is 0 Å². The standard InChI is InChI=1S/C32H21ClN2O6S/c33-20-10-11-23-26(17-20)42-32(34-23)35-28(18-5-4-8-22(15-18)41-21-6-2-1-3-7-21)27(30(37)31(35)38)29(36)19-9-12-24-25(16-19)40-14-13-39-24/h1-12,15-17,28,36H,13-14H2/b29-27+. The van der Waals surface area contributed by atoms with Crippen LogP contribution in [-0.4, -0.2) is 35.0 Å². The number of aromatic nitrogens is 1. The summed E-state index contributed by atoms with van der Waals surface area (Å²) in [5.41, 5.74) is 1.42. The van der Waals surface area contributed by atoms with E-state index in [0.717, 1.165) is 4.70 Å². The van der Waals surface area contributed by atoms with Gasteiger partial charge in [0.2, 0.25) is 0 Å². The van der Waals surface area contributed by atoms with E-state index in [2.05, 4.69) is 4.98 Å². The molecule has 1 aromatic heterocycles. The van der Waals surface area contributed by atoms with Gasteiger partial charge in [0.25, 0.3) is 5.78 Å².